The second-order valence-electron chi connectivity index (χ2n) is 5.99. The maximum Gasteiger partial charge on any atom is 0.263 e. The molecule has 1 aliphatic rings. The van der Waals surface area contributed by atoms with Gasteiger partial charge in [0.15, 0.2) is 11.5 Å². The van der Waals surface area contributed by atoms with Crippen LogP contribution in [0.2, 0.25) is 0 Å². The molecule has 2 aromatic rings. The van der Waals surface area contributed by atoms with E-state index in [1.54, 1.807) is 14.2 Å². The fourth-order valence-corrected chi connectivity index (χ4v) is 3.90. The number of carbonyl (C=O) groups excluding carboxylic acids is 1. The fourth-order valence-electron chi connectivity index (χ4n) is 3.21. The summed E-state index contributed by atoms with van der Waals surface area (Å²) in [6.45, 7) is 1.26. The van der Waals surface area contributed by atoms with Gasteiger partial charge in [-0.2, -0.15) is 0 Å². The Morgan fingerprint density at radius 1 is 1.21 bits per heavy atom. The molecule has 5 nitrogen and oxygen atoms in total. The normalized spacial score (nSPS) is 20.7. The predicted octanol–water partition coefficient (Wildman–Crippen LogP) is 2.72. The molecule has 6 heteroatoms. The standard InChI is InChI=1S/C18H22N2O3S/c1-22-15-6-5-12(9-16(15)23-2)13-8-14(19)11-20(10-13)18(21)17-4-3-7-24-17/h3-7,9,13-14H,8,10-11,19H2,1-2H3. The third kappa shape index (κ3) is 3.39. The van der Waals surface area contributed by atoms with Gasteiger partial charge in [0.2, 0.25) is 0 Å². The number of nitrogens with zero attached hydrogens (tertiary/aromatic N) is 1. The van der Waals surface area contributed by atoms with E-state index in [4.69, 9.17) is 15.2 Å². The largest absolute Gasteiger partial charge is 0.493 e. The highest BCUT2D eigenvalue weighted by molar-refractivity contribution is 7.12. The van der Waals surface area contributed by atoms with E-state index in [1.165, 1.54) is 11.3 Å². The average molecular weight is 346 g/mol. The number of likely N-dealkylation sites (tertiary alicyclic amines) is 1. The van der Waals surface area contributed by atoms with Crippen LogP contribution < -0.4 is 15.2 Å². The molecule has 2 unspecified atom stereocenters. The molecule has 2 heterocycles. The summed E-state index contributed by atoms with van der Waals surface area (Å²) >= 11 is 1.47. The number of nitrogens with two attached hydrogens (primary N) is 1. The van der Waals surface area contributed by atoms with Crippen molar-refractivity contribution in [1.29, 1.82) is 0 Å². The molecule has 1 aromatic heterocycles. The average Bonchev–Trinajstić information content (AvgIpc) is 3.14. The topological polar surface area (TPSA) is 64.8 Å². The van der Waals surface area contributed by atoms with Gasteiger partial charge in [-0.25, -0.2) is 0 Å². The minimum atomic E-state index is -0.0271. The fraction of sp³-hybridized carbons (Fsp3) is 0.389. The molecule has 1 fully saturated rings. The number of ether oxygens (including phenoxy) is 2. The summed E-state index contributed by atoms with van der Waals surface area (Å²) in [7, 11) is 3.25. The van der Waals surface area contributed by atoms with Crippen LogP contribution in [-0.4, -0.2) is 44.2 Å². The van der Waals surface area contributed by atoms with Crippen molar-refractivity contribution in [3.8, 4) is 11.5 Å². The summed E-state index contributed by atoms with van der Waals surface area (Å²) in [4.78, 5) is 15.3. The van der Waals surface area contributed by atoms with E-state index in [2.05, 4.69) is 0 Å². The number of amides is 1. The molecular weight excluding hydrogens is 324 g/mol. The van der Waals surface area contributed by atoms with Crippen LogP contribution in [0.25, 0.3) is 0 Å². The van der Waals surface area contributed by atoms with Crippen molar-refractivity contribution in [2.45, 2.75) is 18.4 Å². The Morgan fingerprint density at radius 2 is 2.00 bits per heavy atom. The van der Waals surface area contributed by atoms with Crippen LogP contribution in [-0.2, 0) is 0 Å². The summed E-state index contributed by atoms with van der Waals surface area (Å²) < 4.78 is 10.7. The molecular formula is C18H22N2O3S. The van der Waals surface area contributed by atoms with Gasteiger partial charge in [0, 0.05) is 25.0 Å². The van der Waals surface area contributed by atoms with Crippen molar-refractivity contribution >= 4 is 17.2 Å². The molecule has 0 bridgehead atoms. The molecule has 128 valence electrons. The van der Waals surface area contributed by atoms with E-state index in [1.807, 2.05) is 40.6 Å². The van der Waals surface area contributed by atoms with Crippen LogP contribution in [0.5, 0.6) is 11.5 Å². The van der Waals surface area contributed by atoms with Gasteiger partial charge in [-0.1, -0.05) is 12.1 Å². The highest BCUT2D eigenvalue weighted by Crippen LogP contribution is 2.34. The first-order valence-corrected chi connectivity index (χ1v) is 8.80. The lowest BCUT2D eigenvalue weighted by atomic mass is 9.88. The quantitative estimate of drug-likeness (QED) is 0.924. The summed E-state index contributed by atoms with van der Waals surface area (Å²) in [5.74, 6) is 1.65. The Morgan fingerprint density at radius 3 is 2.67 bits per heavy atom. The summed E-state index contributed by atoms with van der Waals surface area (Å²) in [5, 5.41) is 1.92. The molecule has 24 heavy (non-hydrogen) atoms. The Kier molecular flexibility index (Phi) is 5.06. The molecule has 2 N–H and O–H groups in total. The van der Waals surface area contributed by atoms with Crippen LogP contribution in [0.4, 0.5) is 0 Å². The van der Waals surface area contributed by atoms with Crippen molar-refractivity contribution in [1.82, 2.24) is 4.90 Å². The number of thiophene rings is 1. The highest BCUT2D eigenvalue weighted by atomic mass is 32.1. The number of methoxy groups -OCH3 is 2. The van der Waals surface area contributed by atoms with Crippen molar-refractivity contribution in [2.75, 3.05) is 27.3 Å². The smallest absolute Gasteiger partial charge is 0.263 e. The zero-order valence-corrected chi connectivity index (χ0v) is 14.7. The van der Waals surface area contributed by atoms with Gasteiger partial charge < -0.3 is 20.1 Å². The lowest BCUT2D eigenvalue weighted by Crippen LogP contribution is -2.48. The van der Waals surface area contributed by atoms with Crippen molar-refractivity contribution in [3.05, 3.63) is 46.2 Å². The summed E-state index contributed by atoms with van der Waals surface area (Å²) in [5.41, 5.74) is 7.34. The minimum Gasteiger partial charge on any atom is -0.493 e. The minimum absolute atomic E-state index is 0.0271. The number of hydrogen-bond donors (Lipinski definition) is 1. The lowest BCUT2D eigenvalue weighted by molar-refractivity contribution is 0.0694. The van der Waals surface area contributed by atoms with Gasteiger partial charge in [0.1, 0.15) is 0 Å². The van der Waals surface area contributed by atoms with Gasteiger partial charge in [0.05, 0.1) is 19.1 Å². The third-order valence-corrected chi connectivity index (χ3v) is 5.24. The lowest BCUT2D eigenvalue weighted by Gasteiger charge is -2.36. The van der Waals surface area contributed by atoms with Crippen LogP contribution in [0.1, 0.15) is 27.6 Å². The molecule has 2 atom stereocenters. The number of piperidine rings is 1. The Bertz CT molecular complexity index is 702. The third-order valence-electron chi connectivity index (χ3n) is 4.38. The summed E-state index contributed by atoms with van der Waals surface area (Å²) in [6.07, 6.45) is 0.851. The van der Waals surface area contributed by atoms with Crippen LogP contribution in [0.3, 0.4) is 0 Å². The van der Waals surface area contributed by atoms with Crippen LogP contribution >= 0.6 is 11.3 Å². The van der Waals surface area contributed by atoms with Crippen molar-refractivity contribution in [2.24, 2.45) is 5.73 Å². The Balaban J connectivity index is 1.82. The second-order valence-corrected chi connectivity index (χ2v) is 6.94. The molecule has 3 rings (SSSR count). The van der Waals surface area contributed by atoms with E-state index in [-0.39, 0.29) is 17.9 Å². The number of benzene rings is 1. The van der Waals surface area contributed by atoms with E-state index in [9.17, 15) is 4.79 Å². The molecule has 1 aromatic carbocycles. The van der Waals surface area contributed by atoms with Crippen LogP contribution in [0.15, 0.2) is 35.7 Å². The van der Waals surface area contributed by atoms with E-state index in [0.29, 0.717) is 24.6 Å². The van der Waals surface area contributed by atoms with Crippen LogP contribution in [0, 0.1) is 0 Å². The van der Waals surface area contributed by atoms with Crippen molar-refractivity contribution < 1.29 is 14.3 Å². The number of carbonyl (C=O) groups is 1. The van der Waals surface area contributed by atoms with Gasteiger partial charge >= 0.3 is 0 Å². The second kappa shape index (κ2) is 7.23. The maximum absolute atomic E-state index is 12.6. The highest BCUT2D eigenvalue weighted by Gasteiger charge is 2.30. The molecule has 1 saturated heterocycles. The Hall–Kier alpha value is -2.05. The van der Waals surface area contributed by atoms with E-state index < -0.39 is 0 Å². The monoisotopic (exact) mass is 346 g/mol. The van der Waals surface area contributed by atoms with E-state index in [0.717, 1.165) is 16.9 Å². The molecule has 0 spiro atoms. The molecule has 1 amide bonds. The molecule has 0 aliphatic carbocycles. The van der Waals surface area contributed by atoms with Gasteiger partial charge in [-0.15, -0.1) is 11.3 Å². The molecule has 0 radical (unpaired) electrons. The maximum atomic E-state index is 12.6. The molecule has 1 aliphatic heterocycles. The number of rotatable bonds is 4. The zero-order chi connectivity index (χ0) is 17.1. The zero-order valence-electron chi connectivity index (χ0n) is 13.9. The van der Waals surface area contributed by atoms with Gasteiger partial charge in [0.25, 0.3) is 5.91 Å². The Labute approximate surface area is 146 Å². The SMILES string of the molecule is COc1ccc(C2CC(N)CN(C(=O)c3cccs3)C2)cc1OC. The van der Waals surface area contributed by atoms with Gasteiger partial charge in [-0.05, 0) is 35.6 Å². The van der Waals surface area contributed by atoms with Gasteiger partial charge in [-0.3, -0.25) is 4.79 Å². The molecule has 0 saturated carbocycles. The first-order chi connectivity index (χ1) is 11.6. The first kappa shape index (κ1) is 16.8. The predicted molar refractivity (Wildman–Crippen MR) is 95.1 cm³/mol. The summed E-state index contributed by atoms with van der Waals surface area (Å²) in [6, 6.07) is 9.64. The number of hydrogen-bond acceptors (Lipinski definition) is 5. The van der Waals surface area contributed by atoms with Crippen molar-refractivity contribution in [3.63, 3.8) is 0 Å². The van der Waals surface area contributed by atoms with E-state index >= 15 is 0 Å². The first-order valence-electron chi connectivity index (χ1n) is 7.92.